The lowest BCUT2D eigenvalue weighted by Gasteiger charge is -2.09. The molecule has 0 spiro atoms. The molecule has 0 radical (unpaired) electrons. The van der Waals surface area contributed by atoms with Crippen LogP contribution in [-0.4, -0.2) is 33.5 Å². The molecule has 0 saturated carbocycles. The maximum Gasteiger partial charge on any atom is 0.234 e. The fourth-order valence-electron chi connectivity index (χ4n) is 2.52. The molecule has 8 heteroatoms. The molecule has 0 aliphatic carbocycles. The molecule has 1 aromatic heterocycles. The van der Waals surface area contributed by atoms with Gasteiger partial charge in [0.2, 0.25) is 5.91 Å². The van der Waals surface area contributed by atoms with Gasteiger partial charge in [0.25, 0.3) is 0 Å². The van der Waals surface area contributed by atoms with E-state index in [4.69, 9.17) is 4.74 Å². The van der Waals surface area contributed by atoms with Gasteiger partial charge in [-0.1, -0.05) is 30.0 Å². The van der Waals surface area contributed by atoms with Crippen LogP contribution in [-0.2, 0) is 11.3 Å². The number of carbonyl (C=O) groups excluding carboxylic acids is 1. The van der Waals surface area contributed by atoms with Crippen LogP contribution < -0.4 is 10.1 Å². The SMILES string of the molecule is C=CCn1c(SCC(=O)Nc2ccccc2F)nnc1-c1ccc(OC)cc1. The first-order chi connectivity index (χ1) is 13.6. The first-order valence-corrected chi connectivity index (χ1v) is 9.46. The summed E-state index contributed by atoms with van der Waals surface area (Å²) in [4.78, 5) is 12.2. The van der Waals surface area contributed by atoms with E-state index >= 15 is 0 Å². The molecule has 0 unspecified atom stereocenters. The lowest BCUT2D eigenvalue weighted by atomic mass is 10.2. The van der Waals surface area contributed by atoms with Gasteiger partial charge in [0, 0.05) is 12.1 Å². The van der Waals surface area contributed by atoms with E-state index in [1.807, 2.05) is 28.8 Å². The number of para-hydroxylation sites is 1. The molecular weight excluding hydrogens is 379 g/mol. The molecule has 0 saturated heterocycles. The molecular formula is C20H19FN4O2S. The van der Waals surface area contributed by atoms with Gasteiger partial charge < -0.3 is 10.1 Å². The van der Waals surface area contributed by atoms with Crippen molar-refractivity contribution in [3.05, 3.63) is 67.0 Å². The van der Waals surface area contributed by atoms with Crippen molar-refractivity contribution in [3.63, 3.8) is 0 Å². The van der Waals surface area contributed by atoms with Gasteiger partial charge in [0.05, 0.1) is 18.6 Å². The largest absolute Gasteiger partial charge is 0.497 e. The van der Waals surface area contributed by atoms with E-state index < -0.39 is 5.82 Å². The highest BCUT2D eigenvalue weighted by atomic mass is 32.2. The zero-order chi connectivity index (χ0) is 19.9. The van der Waals surface area contributed by atoms with Gasteiger partial charge in [0.15, 0.2) is 11.0 Å². The predicted molar refractivity (Wildman–Crippen MR) is 108 cm³/mol. The summed E-state index contributed by atoms with van der Waals surface area (Å²) in [5.74, 6) is 0.691. The number of nitrogens with one attached hydrogen (secondary N) is 1. The number of hydrogen-bond acceptors (Lipinski definition) is 5. The van der Waals surface area contributed by atoms with Gasteiger partial charge in [-0.05, 0) is 36.4 Å². The lowest BCUT2D eigenvalue weighted by Crippen LogP contribution is -2.15. The van der Waals surface area contributed by atoms with Gasteiger partial charge in [-0.15, -0.1) is 16.8 Å². The lowest BCUT2D eigenvalue weighted by molar-refractivity contribution is -0.113. The number of aromatic nitrogens is 3. The zero-order valence-electron chi connectivity index (χ0n) is 15.3. The molecule has 28 heavy (non-hydrogen) atoms. The molecule has 1 amide bonds. The molecule has 3 aromatic rings. The van der Waals surface area contributed by atoms with Gasteiger partial charge in [-0.3, -0.25) is 9.36 Å². The molecule has 0 atom stereocenters. The molecule has 1 N–H and O–H groups in total. The van der Waals surface area contributed by atoms with E-state index in [2.05, 4.69) is 22.1 Å². The number of methoxy groups -OCH3 is 1. The average Bonchev–Trinajstić information content (AvgIpc) is 3.11. The third-order valence-corrected chi connectivity index (χ3v) is 4.82. The summed E-state index contributed by atoms with van der Waals surface area (Å²) in [6, 6.07) is 13.5. The third kappa shape index (κ3) is 4.58. The first-order valence-electron chi connectivity index (χ1n) is 8.48. The van der Waals surface area contributed by atoms with Gasteiger partial charge in [0.1, 0.15) is 11.6 Å². The summed E-state index contributed by atoms with van der Waals surface area (Å²) in [7, 11) is 1.61. The monoisotopic (exact) mass is 398 g/mol. The molecule has 6 nitrogen and oxygen atoms in total. The number of anilines is 1. The minimum Gasteiger partial charge on any atom is -0.497 e. The number of halogens is 1. The minimum atomic E-state index is -0.475. The normalized spacial score (nSPS) is 10.5. The summed E-state index contributed by atoms with van der Waals surface area (Å²) in [6.07, 6.45) is 1.74. The van der Waals surface area contributed by atoms with Crippen molar-refractivity contribution in [2.45, 2.75) is 11.7 Å². The Labute approximate surface area is 166 Å². The molecule has 2 aromatic carbocycles. The highest BCUT2D eigenvalue weighted by Gasteiger charge is 2.15. The smallest absolute Gasteiger partial charge is 0.234 e. The van der Waals surface area contributed by atoms with Crippen LogP contribution in [0.15, 0.2) is 66.3 Å². The summed E-state index contributed by atoms with van der Waals surface area (Å²) in [5.41, 5.74) is 1.03. The van der Waals surface area contributed by atoms with E-state index in [0.29, 0.717) is 17.5 Å². The number of amides is 1. The summed E-state index contributed by atoms with van der Waals surface area (Å²) in [6.45, 7) is 4.26. The predicted octanol–water partition coefficient (Wildman–Crippen LogP) is 4.01. The van der Waals surface area contributed by atoms with Crippen LogP contribution in [0.3, 0.4) is 0 Å². The van der Waals surface area contributed by atoms with E-state index in [1.54, 1.807) is 25.3 Å². The van der Waals surface area contributed by atoms with Crippen molar-refractivity contribution < 1.29 is 13.9 Å². The van der Waals surface area contributed by atoms with Gasteiger partial charge in [-0.25, -0.2) is 4.39 Å². The van der Waals surface area contributed by atoms with E-state index in [0.717, 1.165) is 11.3 Å². The van der Waals surface area contributed by atoms with Crippen LogP contribution in [0.2, 0.25) is 0 Å². The number of ether oxygens (including phenoxy) is 1. The van der Waals surface area contributed by atoms with Crippen molar-refractivity contribution in [2.24, 2.45) is 0 Å². The van der Waals surface area contributed by atoms with Crippen LogP contribution in [0, 0.1) is 5.82 Å². The number of carbonyl (C=O) groups is 1. The molecule has 144 valence electrons. The maximum atomic E-state index is 13.7. The van der Waals surface area contributed by atoms with Gasteiger partial charge >= 0.3 is 0 Å². The molecule has 1 heterocycles. The number of allylic oxidation sites excluding steroid dienone is 1. The molecule has 3 rings (SSSR count). The van der Waals surface area contributed by atoms with E-state index in [9.17, 15) is 9.18 Å². The highest BCUT2D eigenvalue weighted by Crippen LogP contribution is 2.26. The summed E-state index contributed by atoms with van der Waals surface area (Å²) < 4.78 is 20.7. The first kappa shape index (κ1) is 19.6. The molecule has 0 aliphatic rings. The van der Waals surface area contributed by atoms with Crippen molar-refractivity contribution in [1.82, 2.24) is 14.8 Å². The Balaban J connectivity index is 1.73. The van der Waals surface area contributed by atoms with Crippen molar-refractivity contribution in [1.29, 1.82) is 0 Å². The quantitative estimate of drug-likeness (QED) is 0.459. The number of rotatable bonds is 8. The number of thioether (sulfide) groups is 1. The zero-order valence-corrected chi connectivity index (χ0v) is 16.1. The Morgan fingerprint density at radius 1 is 1.25 bits per heavy atom. The minimum absolute atomic E-state index is 0.0756. The Kier molecular flexibility index (Phi) is 6.44. The topological polar surface area (TPSA) is 69.0 Å². The van der Waals surface area contributed by atoms with Crippen molar-refractivity contribution >= 4 is 23.4 Å². The Bertz CT molecular complexity index is 973. The van der Waals surface area contributed by atoms with Crippen LogP contribution >= 0.6 is 11.8 Å². The second-order valence-electron chi connectivity index (χ2n) is 5.75. The van der Waals surface area contributed by atoms with E-state index in [-0.39, 0.29) is 17.3 Å². The molecule has 0 aliphatic heterocycles. The van der Waals surface area contributed by atoms with Crippen molar-refractivity contribution in [2.75, 3.05) is 18.2 Å². The van der Waals surface area contributed by atoms with Gasteiger partial charge in [-0.2, -0.15) is 0 Å². The number of hydrogen-bond donors (Lipinski definition) is 1. The average molecular weight is 398 g/mol. The standard InChI is InChI=1S/C20H19FN4O2S/c1-3-12-25-19(14-8-10-15(27-2)11-9-14)23-24-20(25)28-13-18(26)22-17-7-5-4-6-16(17)21/h3-11H,1,12-13H2,2H3,(H,22,26). The Morgan fingerprint density at radius 2 is 2.00 bits per heavy atom. The van der Waals surface area contributed by atoms with Crippen molar-refractivity contribution in [3.8, 4) is 17.1 Å². The second kappa shape index (κ2) is 9.18. The highest BCUT2D eigenvalue weighted by molar-refractivity contribution is 7.99. The summed E-state index contributed by atoms with van der Waals surface area (Å²) in [5, 5.41) is 11.6. The second-order valence-corrected chi connectivity index (χ2v) is 6.69. The van der Waals surface area contributed by atoms with Crippen LogP contribution in [0.5, 0.6) is 5.75 Å². The summed E-state index contributed by atoms with van der Waals surface area (Å²) >= 11 is 1.23. The van der Waals surface area contributed by atoms with Crippen LogP contribution in [0.4, 0.5) is 10.1 Å². The fourth-order valence-corrected chi connectivity index (χ4v) is 3.27. The van der Waals surface area contributed by atoms with E-state index in [1.165, 1.54) is 23.9 Å². The number of nitrogens with zero attached hydrogens (tertiary/aromatic N) is 3. The molecule has 0 fully saturated rings. The maximum absolute atomic E-state index is 13.7. The molecule has 0 bridgehead atoms. The van der Waals surface area contributed by atoms with Crippen LogP contribution in [0.25, 0.3) is 11.4 Å². The van der Waals surface area contributed by atoms with Crippen LogP contribution in [0.1, 0.15) is 0 Å². The Morgan fingerprint density at radius 3 is 2.68 bits per heavy atom. The third-order valence-electron chi connectivity index (χ3n) is 3.86. The number of benzene rings is 2. The Hall–Kier alpha value is -3.13. The fraction of sp³-hybridized carbons (Fsp3) is 0.150.